The molecule has 2 atom stereocenters. The standard InChI is InChI=1S/C13H18N2O4S3/c1-17-9-7-10(18-2)15-13(14-9)21-11(12(16)19-3)8-5-4-6-20-22-8/h7-8,11H,4-6H2,1-3H3. The summed E-state index contributed by atoms with van der Waals surface area (Å²) in [6.45, 7) is 0. The van der Waals surface area contributed by atoms with Crippen LogP contribution in [0, 0.1) is 0 Å². The van der Waals surface area contributed by atoms with Crippen molar-refractivity contribution >= 4 is 39.3 Å². The van der Waals surface area contributed by atoms with Crippen LogP contribution in [0.1, 0.15) is 12.8 Å². The first kappa shape index (κ1) is 17.6. The van der Waals surface area contributed by atoms with Crippen LogP contribution < -0.4 is 9.47 Å². The molecule has 0 saturated carbocycles. The van der Waals surface area contributed by atoms with Crippen molar-refractivity contribution in [3.63, 3.8) is 0 Å². The predicted molar refractivity (Wildman–Crippen MR) is 89.9 cm³/mol. The fraction of sp³-hybridized carbons (Fsp3) is 0.615. The lowest BCUT2D eigenvalue weighted by molar-refractivity contribution is -0.139. The van der Waals surface area contributed by atoms with Crippen LogP contribution in [-0.2, 0) is 9.53 Å². The quantitative estimate of drug-likeness (QED) is 0.329. The van der Waals surface area contributed by atoms with Crippen molar-refractivity contribution in [1.29, 1.82) is 0 Å². The van der Waals surface area contributed by atoms with Crippen LogP contribution in [0.25, 0.3) is 0 Å². The Balaban J connectivity index is 2.20. The van der Waals surface area contributed by atoms with E-state index < -0.39 is 0 Å². The second-order valence-corrected chi connectivity index (χ2v) is 8.23. The number of methoxy groups -OCH3 is 3. The zero-order valence-corrected chi connectivity index (χ0v) is 15.1. The van der Waals surface area contributed by atoms with E-state index in [1.807, 2.05) is 0 Å². The summed E-state index contributed by atoms with van der Waals surface area (Å²) in [5, 5.41) is 0.277. The highest BCUT2D eigenvalue weighted by Crippen LogP contribution is 2.42. The van der Waals surface area contributed by atoms with Gasteiger partial charge in [0.05, 0.1) is 27.4 Å². The molecule has 2 unspecified atom stereocenters. The van der Waals surface area contributed by atoms with Crippen LogP contribution in [0.2, 0.25) is 0 Å². The van der Waals surface area contributed by atoms with Gasteiger partial charge in [-0.2, -0.15) is 9.97 Å². The van der Waals surface area contributed by atoms with Crippen LogP contribution in [-0.4, -0.2) is 53.5 Å². The maximum absolute atomic E-state index is 12.1. The van der Waals surface area contributed by atoms with Gasteiger partial charge in [-0.05, 0) is 12.8 Å². The van der Waals surface area contributed by atoms with Gasteiger partial charge in [-0.3, -0.25) is 4.79 Å². The molecule has 1 aromatic rings. The summed E-state index contributed by atoms with van der Waals surface area (Å²) in [6.07, 6.45) is 2.07. The molecule has 0 aliphatic carbocycles. The Morgan fingerprint density at radius 2 is 2.00 bits per heavy atom. The van der Waals surface area contributed by atoms with Crippen molar-refractivity contribution in [2.75, 3.05) is 27.1 Å². The zero-order valence-electron chi connectivity index (χ0n) is 12.6. The largest absolute Gasteiger partial charge is 0.481 e. The Kier molecular flexibility index (Phi) is 6.97. The van der Waals surface area contributed by atoms with E-state index in [2.05, 4.69) is 9.97 Å². The Morgan fingerprint density at radius 3 is 2.50 bits per heavy atom. The van der Waals surface area contributed by atoms with E-state index in [9.17, 15) is 4.79 Å². The van der Waals surface area contributed by atoms with E-state index in [-0.39, 0.29) is 16.5 Å². The minimum Gasteiger partial charge on any atom is -0.481 e. The smallest absolute Gasteiger partial charge is 0.320 e. The van der Waals surface area contributed by atoms with Gasteiger partial charge < -0.3 is 14.2 Å². The fourth-order valence-electron chi connectivity index (χ4n) is 1.88. The molecule has 1 aliphatic rings. The Labute approximate surface area is 141 Å². The number of aromatic nitrogens is 2. The van der Waals surface area contributed by atoms with Crippen molar-refractivity contribution in [3.05, 3.63) is 6.07 Å². The third-order valence-electron chi connectivity index (χ3n) is 2.99. The lowest BCUT2D eigenvalue weighted by Crippen LogP contribution is -2.31. The van der Waals surface area contributed by atoms with E-state index >= 15 is 0 Å². The third-order valence-corrected chi connectivity index (χ3v) is 7.33. The second kappa shape index (κ2) is 8.73. The topological polar surface area (TPSA) is 70.5 Å². The predicted octanol–water partition coefficient (Wildman–Crippen LogP) is 2.67. The minimum atomic E-state index is -0.348. The highest BCUT2D eigenvalue weighted by Gasteiger charge is 2.33. The molecule has 1 saturated heterocycles. The van der Waals surface area contributed by atoms with Gasteiger partial charge >= 0.3 is 5.97 Å². The van der Waals surface area contributed by atoms with Crippen LogP contribution >= 0.6 is 33.3 Å². The maximum atomic E-state index is 12.1. The summed E-state index contributed by atoms with van der Waals surface area (Å²) in [6, 6.07) is 1.60. The molecule has 0 amide bonds. The number of hydrogen-bond acceptors (Lipinski definition) is 9. The van der Waals surface area contributed by atoms with Gasteiger partial charge in [0.2, 0.25) is 11.8 Å². The van der Waals surface area contributed by atoms with Crippen LogP contribution in [0.3, 0.4) is 0 Å². The number of nitrogens with zero attached hydrogens (tertiary/aromatic N) is 2. The summed E-state index contributed by atoms with van der Waals surface area (Å²) >= 11 is 1.30. The first-order valence-electron chi connectivity index (χ1n) is 6.67. The molecule has 1 aromatic heterocycles. The van der Waals surface area contributed by atoms with Crippen molar-refractivity contribution in [2.24, 2.45) is 0 Å². The zero-order chi connectivity index (χ0) is 15.9. The van der Waals surface area contributed by atoms with E-state index in [1.165, 1.54) is 33.1 Å². The first-order chi connectivity index (χ1) is 10.7. The molecule has 0 aromatic carbocycles. The van der Waals surface area contributed by atoms with E-state index in [4.69, 9.17) is 14.2 Å². The third kappa shape index (κ3) is 4.60. The van der Waals surface area contributed by atoms with Gasteiger partial charge in [-0.25, -0.2) is 0 Å². The average molecular weight is 362 g/mol. The van der Waals surface area contributed by atoms with Gasteiger partial charge in [-0.15, -0.1) is 0 Å². The molecule has 2 rings (SSSR count). The summed E-state index contributed by atoms with van der Waals surface area (Å²) in [7, 11) is 7.99. The molecule has 2 heterocycles. The monoisotopic (exact) mass is 362 g/mol. The van der Waals surface area contributed by atoms with Gasteiger partial charge in [0.15, 0.2) is 5.16 Å². The van der Waals surface area contributed by atoms with Gasteiger partial charge in [0, 0.05) is 11.0 Å². The first-order valence-corrected chi connectivity index (χ1v) is 9.94. The molecule has 0 spiro atoms. The van der Waals surface area contributed by atoms with E-state index in [1.54, 1.807) is 27.7 Å². The molecule has 0 N–H and O–H groups in total. The van der Waals surface area contributed by atoms with Crippen LogP contribution in [0.15, 0.2) is 11.2 Å². The molecule has 6 nitrogen and oxygen atoms in total. The van der Waals surface area contributed by atoms with Crippen LogP contribution in [0.5, 0.6) is 11.8 Å². The van der Waals surface area contributed by atoms with Gasteiger partial charge in [-0.1, -0.05) is 33.3 Å². The second-order valence-electron chi connectivity index (χ2n) is 4.40. The summed E-state index contributed by atoms with van der Waals surface area (Å²) < 4.78 is 15.2. The molecular weight excluding hydrogens is 344 g/mol. The van der Waals surface area contributed by atoms with Crippen molar-refractivity contribution < 1.29 is 19.0 Å². The van der Waals surface area contributed by atoms with Crippen molar-refractivity contribution in [3.8, 4) is 11.8 Å². The van der Waals surface area contributed by atoms with E-state index in [0.29, 0.717) is 16.9 Å². The van der Waals surface area contributed by atoms with Gasteiger partial charge in [0.25, 0.3) is 0 Å². The highest BCUT2D eigenvalue weighted by atomic mass is 33.1. The summed E-state index contributed by atoms with van der Waals surface area (Å²) in [4.78, 5) is 20.7. The molecular formula is C13H18N2O4S3. The summed E-state index contributed by atoms with van der Waals surface area (Å²) in [5.41, 5.74) is 0. The SMILES string of the molecule is COC(=O)C(Sc1nc(OC)cc(OC)n1)C1CCCSS1. The van der Waals surface area contributed by atoms with Crippen molar-refractivity contribution in [1.82, 2.24) is 9.97 Å². The molecule has 0 bridgehead atoms. The molecule has 1 aliphatic heterocycles. The molecule has 22 heavy (non-hydrogen) atoms. The Morgan fingerprint density at radius 1 is 1.32 bits per heavy atom. The Hall–Kier alpha value is -0.800. The molecule has 122 valence electrons. The van der Waals surface area contributed by atoms with Crippen LogP contribution in [0.4, 0.5) is 0 Å². The number of carbonyl (C=O) groups excluding carboxylic acids is 1. The number of esters is 1. The fourth-order valence-corrected chi connectivity index (χ4v) is 6.24. The lowest BCUT2D eigenvalue weighted by atomic mass is 10.2. The minimum absolute atomic E-state index is 0.178. The van der Waals surface area contributed by atoms with E-state index in [0.717, 1.165) is 18.6 Å². The summed E-state index contributed by atoms with van der Waals surface area (Å²) in [5.74, 6) is 1.67. The maximum Gasteiger partial charge on any atom is 0.320 e. The number of rotatable bonds is 6. The molecule has 1 fully saturated rings. The van der Waals surface area contributed by atoms with Gasteiger partial charge in [0.1, 0.15) is 5.25 Å². The number of hydrogen-bond donors (Lipinski definition) is 0. The van der Waals surface area contributed by atoms with Crippen molar-refractivity contribution in [2.45, 2.75) is 28.5 Å². The number of thioether (sulfide) groups is 1. The number of carbonyl (C=O) groups is 1. The molecule has 0 radical (unpaired) electrons. The Bertz CT molecular complexity index is 490. The highest BCUT2D eigenvalue weighted by molar-refractivity contribution is 8.77. The lowest BCUT2D eigenvalue weighted by Gasteiger charge is -2.26. The number of ether oxygens (including phenoxy) is 3. The molecule has 9 heteroatoms. The normalized spacial score (nSPS) is 19.3. The average Bonchev–Trinajstić information content (AvgIpc) is 2.59.